The van der Waals surface area contributed by atoms with Crippen molar-refractivity contribution in [1.29, 1.82) is 0 Å². The van der Waals surface area contributed by atoms with E-state index >= 15 is 0 Å². The van der Waals surface area contributed by atoms with Crippen LogP contribution in [-0.4, -0.2) is 29.0 Å². The Morgan fingerprint density at radius 1 is 1.78 bits per heavy atom. The molecule has 0 aliphatic heterocycles. The molecule has 0 aliphatic rings. The van der Waals surface area contributed by atoms with Crippen molar-refractivity contribution in [2.45, 2.75) is 5.16 Å². The van der Waals surface area contributed by atoms with Gasteiger partial charge >= 0.3 is 0 Å². The van der Waals surface area contributed by atoms with Gasteiger partial charge in [0.1, 0.15) is 0 Å². The average Bonchev–Trinajstić information content (AvgIpc) is 2.14. The molecule has 9 heavy (non-hydrogen) atoms. The predicted octanol–water partition coefficient (Wildman–Crippen LogP) is -1.55. The summed E-state index contributed by atoms with van der Waals surface area (Å²) in [5, 5.41) is 9.62. The van der Waals surface area contributed by atoms with Crippen LogP contribution >= 0.6 is 0 Å². The molecule has 1 unspecified atom stereocenters. The van der Waals surface area contributed by atoms with Gasteiger partial charge in [0, 0.05) is 11.1 Å². The molecule has 0 spiro atoms. The first-order valence-electron chi connectivity index (χ1n) is 2.03. The van der Waals surface area contributed by atoms with E-state index in [1.807, 2.05) is 0 Å². The first kappa shape index (κ1) is 6.30. The van der Waals surface area contributed by atoms with Gasteiger partial charge in [-0.15, -0.1) is 5.10 Å². The molecule has 0 fully saturated rings. The highest BCUT2D eigenvalue weighted by molar-refractivity contribution is 7.78. The smallest absolute Gasteiger partial charge is 0.247 e. The lowest BCUT2D eigenvalue weighted by atomic mass is 11.4. The number of aryl methyl sites for hydroxylation is 1. The van der Waals surface area contributed by atoms with Crippen molar-refractivity contribution in [3.05, 3.63) is 0 Å². The number of tetrazole rings is 1. The molecule has 0 bridgehead atoms. The van der Waals surface area contributed by atoms with E-state index in [0.29, 0.717) is 0 Å². The van der Waals surface area contributed by atoms with Crippen molar-refractivity contribution in [1.82, 2.24) is 20.2 Å². The molecule has 0 aliphatic carbocycles. The fourth-order valence-electron chi connectivity index (χ4n) is 0.333. The molecule has 6 nitrogen and oxygen atoms in total. The Balaban J connectivity index is 2.98. The molecular formula is C2H3N4O2S-. The summed E-state index contributed by atoms with van der Waals surface area (Å²) in [4.78, 5) is 1.07. The molecule has 0 N–H and O–H groups in total. The Hall–Kier alpha value is -0.820. The zero-order chi connectivity index (χ0) is 6.85. The summed E-state index contributed by atoms with van der Waals surface area (Å²) < 4.78 is 20.1. The highest BCUT2D eigenvalue weighted by atomic mass is 32.2. The molecule has 0 saturated heterocycles. The Morgan fingerprint density at radius 2 is 2.44 bits per heavy atom. The zero-order valence-corrected chi connectivity index (χ0v) is 5.33. The van der Waals surface area contributed by atoms with Crippen molar-refractivity contribution in [3.63, 3.8) is 0 Å². The van der Waals surface area contributed by atoms with Gasteiger partial charge in [-0.05, 0) is 5.21 Å². The maximum atomic E-state index is 10.0. The van der Waals surface area contributed by atoms with Crippen LogP contribution in [0.15, 0.2) is 5.16 Å². The lowest BCUT2D eigenvalue weighted by Crippen LogP contribution is -1.94. The number of aromatic nitrogens is 4. The maximum Gasteiger partial charge on any atom is 0.247 e. The monoisotopic (exact) mass is 147 g/mol. The second-order valence-electron chi connectivity index (χ2n) is 1.30. The summed E-state index contributed by atoms with van der Waals surface area (Å²) >= 11 is -2.36. The topological polar surface area (TPSA) is 83.7 Å². The van der Waals surface area contributed by atoms with Crippen LogP contribution in [0.2, 0.25) is 0 Å². The van der Waals surface area contributed by atoms with Gasteiger partial charge in [-0.3, -0.25) is 4.21 Å². The Bertz CT molecular complexity index is 232. The van der Waals surface area contributed by atoms with Crippen LogP contribution in [-0.2, 0) is 18.1 Å². The highest BCUT2D eigenvalue weighted by Crippen LogP contribution is 1.87. The second-order valence-corrected chi connectivity index (χ2v) is 2.13. The normalized spacial score (nSPS) is 13.6. The SMILES string of the molecule is Cn1nnc(S(=O)[O-])n1. The van der Waals surface area contributed by atoms with Crippen LogP contribution < -0.4 is 0 Å². The zero-order valence-electron chi connectivity index (χ0n) is 4.51. The molecule has 0 saturated carbocycles. The van der Waals surface area contributed by atoms with Crippen molar-refractivity contribution < 1.29 is 8.76 Å². The molecule has 0 radical (unpaired) electrons. The third kappa shape index (κ3) is 1.30. The molecule has 50 valence electrons. The first-order chi connectivity index (χ1) is 4.20. The molecule has 1 heterocycles. The van der Waals surface area contributed by atoms with Gasteiger partial charge in [0.05, 0.1) is 7.05 Å². The van der Waals surface area contributed by atoms with Crippen LogP contribution in [0, 0.1) is 0 Å². The number of hydrogen-bond acceptors (Lipinski definition) is 5. The largest absolute Gasteiger partial charge is 0.766 e. The minimum atomic E-state index is -2.36. The fraction of sp³-hybridized carbons (Fsp3) is 0.500. The van der Waals surface area contributed by atoms with E-state index in [2.05, 4.69) is 15.4 Å². The van der Waals surface area contributed by atoms with Gasteiger partial charge < -0.3 is 4.55 Å². The number of hydrogen-bond donors (Lipinski definition) is 0. The predicted molar refractivity (Wildman–Crippen MR) is 26.0 cm³/mol. The van der Waals surface area contributed by atoms with Gasteiger partial charge in [-0.2, -0.15) is 4.80 Å². The number of rotatable bonds is 1. The summed E-state index contributed by atoms with van der Waals surface area (Å²) in [7, 11) is 1.49. The summed E-state index contributed by atoms with van der Waals surface area (Å²) in [6.07, 6.45) is 0. The van der Waals surface area contributed by atoms with E-state index in [-0.39, 0.29) is 5.16 Å². The van der Waals surface area contributed by atoms with Crippen LogP contribution in [0.1, 0.15) is 0 Å². The van der Waals surface area contributed by atoms with E-state index in [9.17, 15) is 8.76 Å². The minimum absolute atomic E-state index is 0.280. The maximum absolute atomic E-state index is 10.0. The van der Waals surface area contributed by atoms with Gasteiger partial charge in [0.25, 0.3) is 0 Å². The van der Waals surface area contributed by atoms with E-state index in [1.165, 1.54) is 7.05 Å². The summed E-state index contributed by atoms with van der Waals surface area (Å²) in [6.45, 7) is 0. The van der Waals surface area contributed by atoms with Gasteiger partial charge in [-0.25, -0.2) is 0 Å². The van der Waals surface area contributed by atoms with Crippen molar-refractivity contribution in [2.24, 2.45) is 7.05 Å². The molecule has 1 aromatic rings. The quantitative estimate of drug-likeness (QED) is 0.449. The summed E-state index contributed by atoms with van der Waals surface area (Å²) in [5.41, 5.74) is 0. The second kappa shape index (κ2) is 2.19. The Morgan fingerprint density at radius 3 is 2.67 bits per heavy atom. The summed E-state index contributed by atoms with van der Waals surface area (Å²) in [5.74, 6) is 0. The fourth-order valence-corrected chi connectivity index (χ4v) is 0.621. The van der Waals surface area contributed by atoms with E-state index < -0.39 is 11.1 Å². The summed E-state index contributed by atoms with van der Waals surface area (Å²) in [6, 6.07) is 0. The lowest BCUT2D eigenvalue weighted by Gasteiger charge is -1.92. The molecule has 7 heteroatoms. The van der Waals surface area contributed by atoms with Gasteiger partial charge in [0.15, 0.2) is 0 Å². The third-order valence-corrected chi connectivity index (χ3v) is 1.10. The van der Waals surface area contributed by atoms with Crippen molar-refractivity contribution in [2.75, 3.05) is 0 Å². The van der Waals surface area contributed by atoms with Crippen LogP contribution in [0.5, 0.6) is 0 Å². The number of nitrogens with zero attached hydrogens (tertiary/aromatic N) is 4. The molecule has 1 aromatic heterocycles. The van der Waals surface area contributed by atoms with E-state index in [1.54, 1.807) is 0 Å². The molecule has 0 amide bonds. The molecule has 1 atom stereocenters. The average molecular weight is 147 g/mol. The van der Waals surface area contributed by atoms with E-state index in [4.69, 9.17) is 0 Å². The van der Waals surface area contributed by atoms with E-state index in [0.717, 1.165) is 4.80 Å². The van der Waals surface area contributed by atoms with Crippen LogP contribution in [0.4, 0.5) is 0 Å². The molecule has 1 rings (SSSR count). The lowest BCUT2D eigenvalue weighted by molar-refractivity contribution is 0.527. The molecule has 0 aromatic carbocycles. The van der Waals surface area contributed by atoms with Gasteiger partial charge in [0.2, 0.25) is 5.16 Å². The van der Waals surface area contributed by atoms with Crippen molar-refractivity contribution >= 4 is 11.1 Å². The Kier molecular flexibility index (Phi) is 1.54. The minimum Gasteiger partial charge on any atom is -0.766 e. The third-order valence-electron chi connectivity index (χ3n) is 0.639. The van der Waals surface area contributed by atoms with Crippen LogP contribution in [0.25, 0.3) is 0 Å². The standard InChI is InChI=1S/C2H4N4O2S/c1-6-4-2(3-5-6)9(7)8/h1H3,(H,7,8)/p-1. The van der Waals surface area contributed by atoms with Gasteiger partial charge in [-0.1, -0.05) is 5.10 Å². The van der Waals surface area contributed by atoms with Crippen LogP contribution in [0.3, 0.4) is 0 Å². The first-order valence-corrected chi connectivity index (χ1v) is 3.11. The molecular weight excluding hydrogens is 144 g/mol. The highest BCUT2D eigenvalue weighted by Gasteiger charge is 1.96. The Labute approximate surface area is 53.2 Å². The van der Waals surface area contributed by atoms with Crippen molar-refractivity contribution in [3.8, 4) is 0 Å².